The molecule has 2 saturated carbocycles. The van der Waals surface area contributed by atoms with Gasteiger partial charge in [0.25, 0.3) is 0 Å². The number of piperidine rings is 1. The SMILES string of the molecule is O[C@H]1CC[C@H](Nc2nc(Nc3ccnc(Cl)c3)ncc2C2CCN(C3CCC(F)(F)CC3)CC2)CC1. The van der Waals surface area contributed by atoms with E-state index in [-0.39, 0.29) is 31.0 Å². The van der Waals surface area contributed by atoms with Crippen LogP contribution in [0.5, 0.6) is 0 Å². The van der Waals surface area contributed by atoms with Gasteiger partial charge in [0.05, 0.1) is 6.10 Å². The molecule has 0 unspecified atom stereocenters. The normalized spacial score (nSPS) is 26.0. The Morgan fingerprint density at radius 2 is 1.72 bits per heavy atom. The first-order valence-electron chi connectivity index (χ1n) is 13.2. The second-order valence-electron chi connectivity index (χ2n) is 10.5. The van der Waals surface area contributed by atoms with Crippen molar-refractivity contribution in [3.8, 4) is 0 Å². The van der Waals surface area contributed by atoms with E-state index in [9.17, 15) is 13.9 Å². The minimum atomic E-state index is -2.49. The molecule has 0 amide bonds. The van der Waals surface area contributed by atoms with Gasteiger partial charge in [-0.1, -0.05) is 11.6 Å². The molecule has 1 saturated heterocycles. The van der Waals surface area contributed by atoms with E-state index >= 15 is 0 Å². The van der Waals surface area contributed by atoms with Gasteiger partial charge in [0.2, 0.25) is 11.9 Å². The fraction of sp³-hybridized carbons (Fsp3) is 0.654. The maximum atomic E-state index is 13.6. The number of anilines is 3. The predicted octanol–water partition coefficient (Wildman–Crippen LogP) is 5.74. The summed E-state index contributed by atoms with van der Waals surface area (Å²) in [5.74, 6) is -0.851. The summed E-state index contributed by atoms with van der Waals surface area (Å²) in [6, 6.07) is 4.07. The summed E-state index contributed by atoms with van der Waals surface area (Å²) in [7, 11) is 0. The van der Waals surface area contributed by atoms with Gasteiger partial charge in [-0.2, -0.15) is 4.98 Å². The van der Waals surface area contributed by atoms with E-state index in [1.54, 1.807) is 12.3 Å². The highest BCUT2D eigenvalue weighted by molar-refractivity contribution is 6.29. The molecule has 2 aliphatic carbocycles. The number of aromatic nitrogens is 3. The highest BCUT2D eigenvalue weighted by Gasteiger charge is 2.38. The van der Waals surface area contributed by atoms with Gasteiger partial charge in [0, 0.05) is 48.6 Å². The van der Waals surface area contributed by atoms with E-state index in [0.717, 1.165) is 68.7 Å². The number of halogens is 3. The number of rotatable bonds is 6. The van der Waals surface area contributed by atoms with Crippen LogP contribution in [0.25, 0.3) is 0 Å². The molecule has 0 bridgehead atoms. The summed E-state index contributed by atoms with van der Waals surface area (Å²) >= 11 is 6.03. The van der Waals surface area contributed by atoms with Crippen LogP contribution in [0.3, 0.4) is 0 Å². The summed E-state index contributed by atoms with van der Waals surface area (Å²) in [6.45, 7) is 1.82. The molecule has 0 aromatic carbocycles. The van der Waals surface area contributed by atoms with Gasteiger partial charge in [-0.05, 0) is 82.5 Å². The van der Waals surface area contributed by atoms with E-state index in [4.69, 9.17) is 16.6 Å². The molecule has 3 aliphatic rings. The van der Waals surface area contributed by atoms with Crippen molar-refractivity contribution in [3.63, 3.8) is 0 Å². The molecule has 10 heteroatoms. The fourth-order valence-corrected chi connectivity index (χ4v) is 6.03. The van der Waals surface area contributed by atoms with Crippen LogP contribution < -0.4 is 10.6 Å². The van der Waals surface area contributed by atoms with Gasteiger partial charge in [0.15, 0.2) is 0 Å². The highest BCUT2D eigenvalue weighted by atomic mass is 35.5. The second kappa shape index (κ2) is 11.1. The maximum absolute atomic E-state index is 13.6. The third-order valence-corrected chi connectivity index (χ3v) is 8.22. The lowest BCUT2D eigenvalue weighted by Gasteiger charge is -2.41. The van der Waals surface area contributed by atoms with E-state index in [2.05, 4.69) is 25.5 Å². The number of likely N-dealkylation sites (tertiary alicyclic amines) is 1. The molecule has 3 N–H and O–H groups in total. The fourth-order valence-electron chi connectivity index (χ4n) is 5.85. The lowest BCUT2D eigenvalue weighted by molar-refractivity contribution is -0.0558. The number of aliphatic hydroxyl groups is 1. The minimum absolute atomic E-state index is 0.00669. The Hall–Kier alpha value is -2.10. The molecule has 3 fully saturated rings. The van der Waals surface area contributed by atoms with Crippen LogP contribution in [0.4, 0.5) is 26.2 Å². The standard InChI is InChI=1S/C26H35ClF2N6O/c27-23-15-19(7-12-30-23)33-25-31-16-22(24(34-25)32-18-1-3-21(36)4-2-18)17-8-13-35(14-9-17)20-5-10-26(28,29)11-6-20/h7,12,15-18,20-21,36H,1-6,8-11,13-14H2,(H2,30,31,32,33,34)/t18-,21-. The van der Waals surface area contributed by atoms with Crippen molar-refractivity contribution in [2.45, 2.75) is 94.2 Å². The summed E-state index contributed by atoms with van der Waals surface area (Å²) in [5.41, 5.74) is 1.87. The third-order valence-electron chi connectivity index (χ3n) is 8.01. The Labute approximate surface area is 216 Å². The van der Waals surface area contributed by atoms with Gasteiger partial charge >= 0.3 is 0 Å². The number of nitrogens with zero attached hydrogens (tertiary/aromatic N) is 4. The van der Waals surface area contributed by atoms with Gasteiger partial charge in [-0.15, -0.1) is 0 Å². The molecule has 0 spiro atoms. The molecule has 1 aliphatic heterocycles. The zero-order chi connectivity index (χ0) is 25.1. The number of pyridine rings is 1. The zero-order valence-corrected chi connectivity index (χ0v) is 21.2. The number of hydrogen-bond acceptors (Lipinski definition) is 7. The number of nitrogens with one attached hydrogen (secondary N) is 2. The molecule has 2 aromatic rings. The smallest absolute Gasteiger partial charge is 0.248 e. The predicted molar refractivity (Wildman–Crippen MR) is 137 cm³/mol. The Morgan fingerprint density at radius 3 is 2.42 bits per heavy atom. The quantitative estimate of drug-likeness (QED) is 0.418. The molecule has 0 radical (unpaired) electrons. The Balaban J connectivity index is 1.29. The molecular weight excluding hydrogens is 486 g/mol. The van der Waals surface area contributed by atoms with Crippen LogP contribution in [-0.2, 0) is 0 Å². The molecule has 0 atom stereocenters. The van der Waals surface area contributed by atoms with Crippen molar-refractivity contribution in [2.24, 2.45) is 0 Å². The third kappa shape index (κ3) is 6.42. The monoisotopic (exact) mass is 520 g/mol. The lowest BCUT2D eigenvalue weighted by atomic mass is 9.86. The van der Waals surface area contributed by atoms with Crippen molar-refractivity contribution < 1.29 is 13.9 Å². The molecule has 7 nitrogen and oxygen atoms in total. The molecule has 196 valence electrons. The molecule has 3 heterocycles. The molecule has 36 heavy (non-hydrogen) atoms. The van der Waals surface area contributed by atoms with Crippen molar-refractivity contribution in [1.82, 2.24) is 19.9 Å². The van der Waals surface area contributed by atoms with Crippen molar-refractivity contribution in [3.05, 3.63) is 35.2 Å². The zero-order valence-electron chi connectivity index (χ0n) is 20.5. The van der Waals surface area contributed by atoms with E-state index in [0.29, 0.717) is 29.9 Å². The average Bonchev–Trinajstić information content (AvgIpc) is 2.86. The van der Waals surface area contributed by atoms with Crippen molar-refractivity contribution in [1.29, 1.82) is 0 Å². The Bertz CT molecular complexity index is 1020. The molecule has 2 aromatic heterocycles. The first kappa shape index (κ1) is 25.5. The van der Waals surface area contributed by atoms with Crippen LogP contribution in [0.2, 0.25) is 5.15 Å². The van der Waals surface area contributed by atoms with Crippen LogP contribution in [0.1, 0.15) is 75.7 Å². The minimum Gasteiger partial charge on any atom is -0.393 e. The van der Waals surface area contributed by atoms with Crippen LogP contribution in [-0.4, -0.2) is 62.2 Å². The van der Waals surface area contributed by atoms with Crippen molar-refractivity contribution in [2.75, 3.05) is 23.7 Å². The van der Waals surface area contributed by atoms with Crippen LogP contribution in [0.15, 0.2) is 24.5 Å². The van der Waals surface area contributed by atoms with Gasteiger partial charge in [-0.25, -0.2) is 18.7 Å². The van der Waals surface area contributed by atoms with Gasteiger partial charge < -0.3 is 20.6 Å². The number of aliphatic hydroxyl groups excluding tert-OH is 1. The maximum Gasteiger partial charge on any atom is 0.248 e. The van der Waals surface area contributed by atoms with Gasteiger partial charge in [0.1, 0.15) is 11.0 Å². The summed E-state index contributed by atoms with van der Waals surface area (Å²) in [5, 5.41) is 17.2. The summed E-state index contributed by atoms with van der Waals surface area (Å²) in [6.07, 6.45) is 9.81. The van der Waals surface area contributed by atoms with Crippen molar-refractivity contribution >= 4 is 29.1 Å². The first-order valence-corrected chi connectivity index (χ1v) is 13.5. The molecule has 5 rings (SSSR count). The van der Waals surface area contributed by atoms with E-state index in [1.807, 2.05) is 12.3 Å². The van der Waals surface area contributed by atoms with Crippen LogP contribution in [0, 0.1) is 0 Å². The topological polar surface area (TPSA) is 86.2 Å². The highest BCUT2D eigenvalue weighted by Crippen LogP contribution is 2.39. The number of alkyl halides is 2. The summed E-state index contributed by atoms with van der Waals surface area (Å²) in [4.78, 5) is 15.9. The van der Waals surface area contributed by atoms with Crippen LogP contribution >= 0.6 is 11.6 Å². The number of hydrogen-bond donors (Lipinski definition) is 3. The molecular formula is C26H35ClF2N6O. The summed E-state index contributed by atoms with van der Waals surface area (Å²) < 4.78 is 27.2. The largest absolute Gasteiger partial charge is 0.393 e. The average molecular weight is 521 g/mol. The Kier molecular flexibility index (Phi) is 7.88. The van der Waals surface area contributed by atoms with E-state index < -0.39 is 5.92 Å². The van der Waals surface area contributed by atoms with Gasteiger partial charge in [-0.3, -0.25) is 0 Å². The Morgan fingerprint density at radius 1 is 1.00 bits per heavy atom. The second-order valence-corrected chi connectivity index (χ2v) is 10.9. The lowest BCUT2D eigenvalue weighted by Crippen LogP contribution is -2.44. The van der Waals surface area contributed by atoms with E-state index in [1.165, 1.54) is 0 Å². The first-order chi connectivity index (χ1) is 17.3.